The molecule has 5 heteroatoms. The van der Waals surface area contributed by atoms with E-state index in [1.165, 1.54) is 11.9 Å². The van der Waals surface area contributed by atoms with Crippen LogP contribution in [-0.4, -0.2) is 55.6 Å². The second kappa shape index (κ2) is 4.27. The Balaban J connectivity index is 2.24. The van der Waals surface area contributed by atoms with E-state index in [2.05, 4.69) is 0 Å². The number of ether oxygens (including phenoxy) is 2. The fourth-order valence-corrected chi connectivity index (χ4v) is 1.03. The number of carboxylic acid groups (broad SMARTS) is 1. The minimum absolute atomic E-state index is 0.111. The summed E-state index contributed by atoms with van der Waals surface area (Å²) in [4.78, 5) is 11.6. The first-order chi connectivity index (χ1) is 5.70. The van der Waals surface area contributed by atoms with Crippen molar-refractivity contribution in [3.63, 3.8) is 0 Å². The average molecular weight is 175 g/mol. The van der Waals surface area contributed by atoms with Crippen molar-refractivity contribution >= 4 is 6.09 Å². The second-order valence-corrected chi connectivity index (χ2v) is 2.73. The topological polar surface area (TPSA) is 59.0 Å². The highest BCUT2D eigenvalue weighted by atomic mass is 16.6. The SMILES string of the molecule is CN(C[C@H]1COCCO1)C(=O)O. The van der Waals surface area contributed by atoms with Crippen molar-refractivity contribution in [1.29, 1.82) is 0 Å². The van der Waals surface area contributed by atoms with Crippen LogP contribution in [-0.2, 0) is 9.47 Å². The quantitative estimate of drug-likeness (QED) is 0.642. The Hall–Kier alpha value is -0.810. The monoisotopic (exact) mass is 175 g/mol. The molecule has 1 N–H and O–H groups in total. The van der Waals surface area contributed by atoms with Gasteiger partial charge in [-0.05, 0) is 0 Å². The number of likely N-dealkylation sites (N-methyl/N-ethyl adjacent to an activating group) is 1. The van der Waals surface area contributed by atoms with Gasteiger partial charge in [0.2, 0.25) is 0 Å². The van der Waals surface area contributed by atoms with Crippen molar-refractivity contribution in [3.8, 4) is 0 Å². The highest BCUT2D eigenvalue weighted by molar-refractivity contribution is 5.64. The summed E-state index contributed by atoms with van der Waals surface area (Å²) in [6.07, 6.45) is -1.05. The second-order valence-electron chi connectivity index (χ2n) is 2.73. The Bertz CT molecular complexity index is 155. The summed E-state index contributed by atoms with van der Waals surface area (Å²) in [7, 11) is 1.51. The average Bonchev–Trinajstić information content (AvgIpc) is 2.06. The van der Waals surface area contributed by atoms with Crippen LogP contribution in [0.2, 0.25) is 0 Å². The first-order valence-corrected chi connectivity index (χ1v) is 3.83. The molecule has 1 rings (SSSR count). The maximum absolute atomic E-state index is 10.4. The summed E-state index contributed by atoms with van der Waals surface area (Å²) in [5, 5.41) is 8.54. The van der Waals surface area contributed by atoms with E-state index < -0.39 is 6.09 Å². The van der Waals surface area contributed by atoms with E-state index in [0.717, 1.165) is 0 Å². The van der Waals surface area contributed by atoms with E-state index in [0.29, 0.717) is 26.4 Å². The molecule has 12 heavy (non-hydrogen) atoms. The highest BCUT2D eigenvalue weighted by Crippen LogP contribution is 2.02. The molecule has 0 radical (unpaired) electrons. The Morgan fingerprint density at radius 1 is 1.67 bits per heavy atom. The molecule has 1 amide bonds. The number of hydrogen-bond acceptors (Lipinski definition) is 3. The van der Waals surface area contributed by atoms with Gasteiger partial charge in [0, 0.05) is 7.05 Å². The predicted octanol–water partition coefficient (Wildman–Crippen LogP) is 0.0116. The molecule has 5 nitrogen and oxygen atoms in total. The van der Waals surface area contributed by atoms with Crippen LogP contribution in [0.3, 0.4) is 0 Å². The van der Waals surface area contributed by atoms with Crippen LogP contribution in [0.25, 0.3) is 0 Å². The Morgan fingerprint density at radius 3 is 2.92 bits per heavy atom. The molecule has 0 aromatic carbocycles. The molecule has 0 aromatic heterocycles. The van der Waals surface area contributed by atoms with Crippen LogP contribution in [0.15, 0.2) is 0 Å². The molecule has 0 unspecified atom stereocenters. The van der Waals surface area contributed by atoms with Gasteiger partial charge in [0.15, 0.2) is 0 Å². The molecule has 1 aliphatic rings. The largest absolute Gasteiger partial charge is 0.465 e. The van der Waals surface area contributed by atoms with Gasteiger partial charge in [0.25, 0.3) is 0 Å². The molecule has 1 aliphatic heterocycles. The normalized spacial score (nSPS) is 23.6. The lowest BCUT2D eigenvalue weighted by Gasteiger charge is -2.25. The van der Waals surface area contributed by atoms with E-state index in [4.69, 9.17) is 14.6 Å². The molecule has 0 aromatic rings. The summed E-state index contributed by atoms with van der Waals surface area (Å²) >= 11 is 0. The van der Waals surface area contributed by atoms with E-state index >= 15 is 0 Å². The third-order valence-electron chi connectivity index (χ3n) is 1.69. The van der Waals surface area contributed by atoms with Gasteiger partial charge >= 0.3 is 6.09 Å². The fourth-order valence-electron chi connectivity index (χ4n) is 1.03. The van der Waals surface area contributed by atoms with Crippen LogP contribution in [0.1, 0.15) is 0 Å². The lowest BCUT2D eigenvalue weighted by Crippen LogP contribution is -2.40. The Labute approximate surface area is 70.9 Å². The van der Waals surface area contributed by atoms with Crippen LogP contribution in [0, 0.1) is 0 Å². The smallest absolute Gasteiger partial charge is 0.407 e. The maximum atomic E-state index is 10.4. The van der Waals surface area contributed by atoms with Crippen molar-refractivity contribution in [3.05, 3.63) is 0 Å². The van der Waals surface area contributed by atoms with Crippen molar-refractivity contribution < 1.29 is 19.4 Å². The van der Waals surface area contributed by atoms with Gasteiger partial charge in [-0.2, -0.15) is 0 Å². The molecule has 1 saturated heterocycles. The molecule has 1 heterocycles. The molecular weight excluding hydrogens is 162 g/mol. The first-order valence-electron chi connectivity index (χ1n) is 3.83. The lowest BCUT2D eigenvalue weighted by molar-refractivity contribution is -0.0938. The third kappa shape index (κ3) is 2.67. The Kier molecular flexibility index (Phi) is 3.31. The third-order valence-corrected chi connectivity index (χ3v) is 1.69. The lowest BCUT2D eigenvalue weighted by atomic mass is 10.3. The molecule has 70 valence electrons. The molecular formula is C7H13NO4. The summed E-state index contributed by atoms with van der Waals surface area (Å²) in [6.45, 7) is 2.01. The van der Waals surface area contributed by atoms with Crippen molar-refractivity contribution in [2.75, 3.05) is 33.4 Å². The number of hydrogen-bond donors (Lipinski definition) is 1. The first kappa shape index (κ1) is 9.28. The zero-order chi connectivity index (χ0) is 8.97. The zero-order valence-corrected chi connectivity index (χ0v) is 7.02. The van der Waals surface area contributed by atoms with Gasteiger partial charge in [0.1, 0.15) is 0 Å². The minimum atomic E-state index is -0.941. The van der Waals surface area contributed by atoms with Gasteiger partial charge in [0.05, 0.1) is 32.5 Å². The summed E-state index contributed by atoms with van der Waals surface area (Å²) < 4.78 is 10.4. The van der Waals surface area contributed by atoms with Gasteiger partial charge in [-0.25, -0.2) is 4.79 Å². The number of rotatable bonds is 2. The molecule has 0 saturated carbocycles. The zero-order valence-electron chi connectivity index (χ0n) is 7.02. The molecule has 0 bridgehead atoms. The van der Waals surface area contributed by atoms with Crippen LogP contribution in [0.5, 0.6) is 0 Å². The molecule has 0 aliphatic carbocycles. The van der Waals surface area contributed by atoms with Gasteiger partial charge in [-0.1, -0.05) is 0 Å². The van der Waals surface area contributed by atoms with Crippen LogP contribution >= 0.6 is 0 Å². The molecule has 1 atom stereocenters. The number of amides is 1. The highest BCUT2D eigenvalue weighted by Gasteiger charge is 2.18. The minimum Gasteiger partial charge on any atom is -0.465 e. The predicted molar refractivity (Wildman–Crippen MR) is 41.2 cm³/mol. The summed E-state index contributed by atoms with van der Waals surface area (Å²) in [5.74, 6) is 0. The number of carbonyl (C=O) groups is 1. The van der Waals surface area contributed by atoms with Crippen LogP contribution < -0.4 is 0 Å². The van der Waals surface area contributed by atoms with Gasteiger partial charge in [-0.3, -0.25) is 0 Å². The summed E-state index contributed by atoms with van der Waals surface area (Å²) in [6, 6.07) is 0. The van der Waals surface area contributed by atoms with Crippen molar-refractivity contribution in [2.24, 2.45) is 0 Å². The molecule has 1 fully saturated rings. The number of nitrogens with zero attached hydrogens (tertiary/aromatic N) is 1. The van der Waals surface area contributed by atoms with Gasteiger partial charge in [-0.15, -0.1) is 0 Å². The van der Waals surface area contributed by atoms with E-state index in [-0.39, 0.29) is 6.10 Å². The molecule has 0 spiro atoms. The summed E-state index contributed by atoms with van der Waals surface area (Å²) in [5.41, 5.74) is 0. The van der Waals surface area contributed by atoms with Gasteiger partial charge < -0.3 is 19.5 Å². The van der Waals surface area contributed by atoms with Crippen molar-refractivity contribution in [2.45, 2.75) is 6.10 Å². The van der Waals surface area contributed by atoms with E-state index in [9.17, 15) is 4.79 Å². The fraction of sp³-hybridized carbons (Fsp3) is 0.857. The van der Waals surface area contributed by atoms with E-state index in [1.807, 2.05) is 0 Å². The standard InChI is InChI=1S/C7H13NO4/c1-8(7(9)10)4-6-5-11-2-3-12-6/h6H,2-5H2,1H3,(H,9,10)/t6-/m0/s1. The Morgan fingerprint density at radius 2 is 2.42 bits per heavy atom. The van der Waals surface area contributed by atoms with Crippen LogP contribution in [0.4, 0.5) is 4.79 Å². The maximum Gasteiger partial charge on any atom is 0.407 e. The van der Waals surface area contributed by atoms with Crippen molar-refractivity contribution in [1.82, 2.24) is 4.90 Å². The van der Waals surface area contributed by atoms with E-state index in [1.54, 1.807) is 0 Å².